The van der Waals surface area contributed by atoms with Crippen molar-refractivity contribution in [3.05, 3.63) is 0 Å². The topological polar surface area (TPSA) is 46.5 Å². The zero-order valence-electron chi connectivity index (χ0n) is 14.8. The van der Waals surface area contributed by atoms with Gasteiger partial charge in [0.25, 0.3) is 0 Å². The highest BCUT2D eigenvalue weighted by Gasteiger charge is 2.68. The van der Waals surface area contributed by atoms with Gasteiger partial charge in [-0.3, -0.25) is 4.79 Å². The van der Waals surface area contributed by atoms with E-state index in [1.54, 1.807) is 20.8 Å². The maximum Gasteiger partial charge on any atom is 0.420 e. The van der Waals surface area contributed by atoms with E-state index in [1.165, 1.54) is 27.7 Å². The molecule has 0 aromatic heterocycles. The van der Waals surface area contributed by atoms with Crippen molar-refractivity contribution in [2.24, 2.45) is 17.3 Å². The van der Waals surface area contributed by atoms with Crippen molar-refractivity contribution in [2.75, 3.05) is 0 Å². The van der Waals surface area contributed by atoms with Crippen molar-refractivity contribution in [3.63, 3.8) is 0 Å². The van der Waals surface area contributed by atoms with Gasteiger partial charge in [0.2, 0.25) is 0 Å². The first-order chi connectivity index (χ1) is 9.58. The molecule has 22 heavy (non-hydrogen) atoms. The molecule has 0 aliphatic heterocycles. The van der Waals surface area contributed by atoms with Crippen LogP contribution in [0.1, 0.15) is 61.8 Å². The second kappa shape index (κ2) is 6.38. The van der Waals surface area contributed by atoms with Gasteiger partial charge in [-0.2, -0.15) is 13.2 Å². The van der Waals surface area contributed by atoms with E-state index in [0.29, 0.717) is 13.3 Å². The van der Waals surface area contributed by atoms with Crippen molar-refractivity contribution in [1.82, 2.24) is 0 Å². The third kappa shape index (κ3) is 3.42. The van der Waals surface area contributed by atoms with Crippen molar-refractivity contribution < 1.29 is 27.8 Å². The quantitative estimate of drug-likeness (QED) is 0.739. The van der Waals surface area contributed by atoms with E-state index in [0.717, 1.165) is 0 Å². The molecule has 0 fully saturated rings. The van der Waals surface area contributed by atoms with Gasteiger partial charge in [-0.25, -0.2) is 0 Å². The third-order valence-corrected chi connectivity index (χ3v) is 4.73. The maximum atomic E-state index is 13.4. The number of carbonyl (C=O) groups is 1. The Kier molecular flexibility index (Phi) is 6.15. The van der Waals surface area contributed by atoms with E-state index in [-0.39, 0.29) is 0 Å². The first kappa shape index (κ1) is 21.2. The van der Waals surface area contributed by atoms with E-state index in [2.05, 4.69) is 0 Å². The van der Waals surface area contributed by atoms with Gasteiger partial charge >= 0.3 is 12.1 Å². The summed E-state index contributed by atoms with van der Waals surface area (Å²) in [5.41, 5.74) is -6.13. The summed E-state index contributed by atoms with van der Waals surface area (Å²) in [5, 5.41) is 10.3. The number of alkyl halides is 3. The number of rotatable bonds is 6. The van der Waals surface area contributed by atoms with Crippen molar-refractivity contribution in [2.45, 2.75) is 79.2 Å². The minimum absolute atomic E-state index is 0.423. The first-order valence-electron chi connectivity index (χ1n) is 7.60. The van der Waals surface area contributed by atoms with Crippen LogP contribution in [0, 0.1) is 17.3 Å². The Morgan fingerprint density at radius 3 is 1.64 bits per heavy atom. The molecular formula is C16H29F3O3. The summed E-state index contributed by atoms with van der Waals surface area (Å²) in [6.45, 7) is 11.7. The largest absolute Gasteiger partial charge is 0.455 e. The number of carbonyl (C=O) groups excluding carboxylic acids is 1. The Bertz CT molecular complexity index is 388. The molecule has 1 N–H and O–H groups in total. The highest BCUT2D eigenvalue weighted by atomic mass is 19.4. The average Bonchev–Trinajstić information content (AvgIpc) is 2.32. The van der Waals surface area contributed by atoms with Crippen LogP contribution in [0.15, 0.2) is 0 Å². The second-order valence-electron chi connectivity index (χ2n) is 7.30. The zero-order valence-corrected chi connectivity index (χ0v) is 14.8. The summed E-state index contributed by atoms with van der Waals surface area (Å²) in [7, 11) is 0. The van der Waals surface area contributed by atoms with Gasteiger partial charge in [-0.15, -0.1) is 0 Å². The molecule has 0 aromatic rings. The summed E-state index contributed by atoms with van der Waals surface area (Å²) >= 11 is 0. The molecule has 6 heteroatoms. The number of aliphatic hydroxyl groups is 1. The Hall–Kier alpha value is -0.780. The SMILES string of the molecule is CCC(C)(C)C(=O)OC(C(C)C)(C(C)C)C(C)(O)C(F)(F)F. The molecule has 3 nitrogen and oxygen atoms in total. The van der Waals surface area contributed by atoms with Crippen LogP contribution < -0.4 is 0 Å². The summed E-state index contributed by atoms with van der Waals surface area (Å²) in [6, 6.07) is 0. The fourth-order valence-corrected chi connectivity index (χ4v) is 2.78. The lowest BCUT2D eigenvalue weighted by Crippen LogP contribution is -2.68. The lowest BCUT2D eigenvalue weighted by Gasteiger charge is -2.51. The van der Waals surface area contributed by atoms with Crippen LogP contribution in [0.5, 0.6) is 0 Å². The minimum Gasteiger partial charge on any atom is -0.455 e. The van der Waals surface area contributed by atoms with E-state index in [9.17, 15) is 23.1 Å². The Morgan fingerprint density at radius 1 is 1.05 bits per heavy atom. The van der Waals surface area contributed by atoms with Gasteiger partial charge in [-0.1, -0.05) is 34.6 Å². The summed E-state index contributed by atoms with van der Waals surface area (Å²) in [5.74, 6) is -2.18. The second-order valence-corrected chi connectivity index (χ2v) is 7.30. The molecule has 0 aliphatic carbocycles. The minimum atomic E-state index is -4.92. The van der Waals surface area contributed by atoms with Gasteiger partial charge in [0.1, 0.15) is 0 Å². The zero-order chi connectivity index (χ0) is 18.1. The fourth-order valence-electron chi connectivity index (χ4n) is 2.78. The summed E-state index contributed by atoms with van der Waals surface area (Å²) < 4.78 is 45.7. The van der Waals surface area contributed by atoms with Gasteiger partial charge < -0.3 is 9.84 Å². The molecular weight excluding hydrogens is 297 g/mol. The molecule has 0 aromatic carbocycles. The van der Waals surface area contributed by atoms with E-state index in [4.69, 9.17) is 4.74 Å². The maximum absolute atomic E-state index is 13.4. The number of ether oxygens (including phenoxy) is 1. The molecule has 0 amide bonds. The summed E-state index contributed by atoms with van der Waals surface area (Å²) in [4.78, 5) is 12.4. The molecule has 0 spiro atoms. The molecule has 0 saturated heterocycles. The highest BCUT2D eigenvalue weighted by Crippen LogP contribution is 2.49. The van der Waals surface area contributed by atoms with Crippen LogP contribution in [0.4, 0.5) is 13.2 Å². The lowest BCUT2D eigenvalue weighted by molar-refractivity contribution is -0.333. The fraction of sp³-hybridized carbons (Fsp3) is 0.938. The summed E-state index contributed by atoms with van der Waals surface area (Å²) in [6.07, 6.45) is -4.50. The van der Waals surface area contributed by atoms with Crippen LogP contribution >= 0.6 is 0 Å². The van der Waals surface area contributed by atoms with Crippen molar-refractivity contribution >= 4 is 5.97 Å². The number of esters is 1. The van der Waals surface area contributed by atoms with Crippen LogP contribution in [-0.4, -0.2) is 28.5 Å². The standard InChI is InChI=1S/C16H29F3O3/c1-9-13(6,7)12(20)22-15(10(2)3,11(4)5)14(8,21)16(17,18)19/h10-11,21H,9H2,1-8H3. The van der Waals surface area contributed by atoms with Gasteiger partial charge in [0.15, 0.2) is 11.2 Å². The molecule has 132 valence electrons. The van der Waals surface area contributed by atoms with Crippen LogP contribution in [-0.2, 0) is 9.53 Å². The Morgan fingerprint density at radius 2 is 1.41 bits per heavy atom. The highest BCUT2D eigenvalue weighted by molar-refractivity contribution is 5.76. The predicted octanol–water partition coefficient (Wildman–Crippen LogP) is 4.33. The molecule has 0 radical (unpaired) electrons. The van der Waals surface area contributed by atoms with E-state index in [1.807, 2.05) is 0 Å². The number of hydrogen-bond donors (Lipinski definition) is 1. The molecule has 0 heterocycles. The molecule has 1 unspecified atom stereocenters. The van der Waals surface area contributed by atoms with E-state index >= 15 is 0 Å². The average molecular weight is 326 g/mol. The molecule has 0 aliphatic rings. The third-order valence-electron chi connectivity index (χ3n) is 4.73. The lowest BCUT2D eigenvalue weighted by atomic mass is 9.68. The van der Waals surface area contributed by atoms with Gasteiger partial charge in [0, 0.05) is 0 Å². The molecule has 0 saturated carbocycles. The van der Waals surface area contributed by atoms with Crippen LogP contribution in [0.25, 0.3) is 0 Å². The van der Waals surface area contributed by atoms with Crippen LogP contribution in [0.2, 0.25) is 0 Å². The van der Waals surface area contributed by atoms with E-state index < -0.39 is 40.6 Å². The molecule has 1 atom stereocenters. The van der Waals surface area contributed by atoms with Crippen molar-refractivity contribution in [1.29, 1.82) is 0 Å². The number of hydrogen-bond acceptors (Lipinski definition) is 3. The normalized spacial score (nSPS) is 16.8. The van der Waals surface area contributed by atoms with Gasteiger partial charge in [0.05, 0.1) is 5.41 Å². The Labute approximate surface area is 131 Å². The van der Waals surface area contributed by atoms with Crippen LogP contribution in [0.3, 0.4) is 0 Å². The monoisotopic (exact) mass is 326 g/mol. The first-order valence-corrected chi connectivity index (χ1v) is 7.60. The Balaban J connectivity index is 6.12. The molecule has 0 rings (SSSR count). The predicted molar refractivity (Wildman–Crippen MR) is 79.2 cm³/mol. The molecule has 0 bridgehead atoms. The number of halogens is 3. The van der Waals surface area contributed by atoms with Gasteiger partial charge in [-0.05, 0) is 39.0 Å². The van der Waals surface area contributed by atoms with Crippen molar-refractivity contribution in [3.8, 4) is 0 Å². The smallest absolute Gasteiger partial charge is 0.420 e.